The Balaban J connectivity index is 1.61. The SMILES string of the molecule is CCCCN(CCC[N+](C)(C)C)C(=O)CN1C[C@H](c2cc(OC)c3c(c2)OCO3)C(C(=O)O)[C@@H]1CCc1ncc(C)o1. The fraction of sp³-hybridized carbons (Fsp3) is 0.645. The number of carbonyl (C=O) groups excluding carboxylic acids is 1. The molecule has 1 N–H and O–H groups in total. The Bertz CT molecular complexity index is 1220. The van der Waals surface area contributed by atoms with Gasteiger partial charge in [0.2, 0.25) is 18.4 Å². The lowest BCUT2D eigenvalue weighted by Crippen LogP contribution is -2.45. The van der Waals surface area contributed by atoms with Crippen LogP contribution < -0.4 is 14.2 Å². The predicted octanol–water partition coefficient (Wildman–Crippen LogP) is 3.55. The normalized spacial score (nSPS) is 20.2. The van der Waals surface area contributed by atoms with Crippen molar-refractivity contribution in [2.45, 2.75) is 57.9 Å². The number of likely N-dealkylation sites (tertiary alicyclic amines) is 1. The largest absolute Gasteiger partial charge is 0.493 e. The fourth-order valence-corrected chi connectivity index (χ4v) is 6.06. The number of quaternary nitrogens is 1. The van der Waals surface area contributed by atoms with E-state index in [-0.39, 0.29) is 31.2 Å². The number of amides is 1. The van der Waals surface area contributed by atoms with Crippen molar-refractivity contribution in [3.8, 4) is 17.2 Å². The number of oxazole rings is 1. The number of nitrogens with zero attached hydrogens (tertiary/aromatic N) is 4. The van der Waals surface area contributed by atoms with E-state index in [1.165, 1.54) is 0 Å². The van der Waals surface area contributed by atoms with Crippen LogP contribution in [0.1, 0.15) is 55.7 Å². The van der Waals surface area contributed by atoms with Gasteiger partial charge in [-0.25, -0.2) is 4.98 Å². The zero-order chi connectivity index (χ0) is 30.4. The van der Waals surface area contributed by atoms with Gasteiger partial charge in [-0.1, -0.05) is 13.3 Å². The van der Waals surface area contributed by atoms with Crippen molar-refractivity contribution in [1.82, 2.24) is 14.8 Å². The van der Waals surface area contributed by atoms with Gasteiger partial charge in [0, 0.05) is 44.4 Å². The van der Waals surface area contributed by atoms with Crippen LogP contribution in [0.4, 0.5) is 0 Å². The van der Waals surface area contributed by atoms with E-state index < -0.39 is 11.9 Å². The van der Waals surface area contributed by atoms with Gasteiger partial charge >= 0.3 is 5.97 Å². The summed E-state index contributed by atoms with van der Waals surface area (Å²) in [4.78, 5) is 35.0. The summed E-state index contributed by atoms with van der Waals surface area (Å²) in [7, 11) is 8.01. The number of methoxy groups -OCH3 is 1. The predicted molar refractivity (Wildman–Crippen MR) is 157 cm³/mol. The number of hydrogen-bond acceptors (Lipinski definition) is 8. The quantitative estimate of drug-likeness (QED) is 0.313. The molecule has 3 heterocycles. The van der Waals surface area contributed by atoms with Gasteiger partial charge < -0.3 is 33.1 Å². The van der Waals surface area contributed by atoms with Crippen LogP contribution in [-0.2, 0) is 16.0 Å². The van der Waals surface area contributed by atoms with Gasteiger partial charge in [-0.15, -0.1) is 0 Å². The van der Waals surface area contributed by atoms with Gasteiger partial charge in [-0.2, -0.15) is 0 Å². The summed E-state index contributed by atoms with van der Waals surface area (Å²) in [6.07, 6.45) is 5.48. The third kappa shape index (κ3) is 7.74. The molecule has 1 amide bonds. The Labute approximate surface area is 248 Å². The summed E-state index contributed by atoms with van der Waals surface area (Å²) in [5, 5.41) is 10.6. The number of unbranched alkanes of at least 4 members (excludes halogenated alkanes) is 1. The van der Waals surface area contributed by atoms with Crippen LogP contribution in [0.5, 0.6) is 17.2 Å². The van der Waals surface area contributed by atoms with E-state index in [2.05, 4.69) is 38.0 Å². The number of aryl methyl sites for hydroxylation is 2. The summed E-state index contributed by atoms with van der Waals surface area (Å²) < 4.78 is 23.3. The number of rotatable bonds is 15. The van der Waals surface area contributed by atoms with Gasteiger partial charge in [0.05, 0.1) is 53.5 Å². The first-order chi connectivity index (χ1) is 20.0. The Morgan fingerprint density at radius 1 is 1.19 bits per heavy atom. The Morgan fingerprint density at radius 3 is 2.60 bits per heavy atom. The zero-order valence-corrected chi connectivity index (χ0v) is 25.9. The van der Waals surface area contributed by atoms with E-state index in [4.69, 9.17) is 18.6 Å². The minimum absolute atomic E-state index is 0.0369. The third-order valence-corrected chi connectivity index (χ3v) is 8.19. The maximum absolute atomic E-state index is 13.8. The summed E-state index contributed by atoms with van der Waals surface area (Å²) in [6, 6.07) is 3.30. The highest BCUT2D eigenvalue weighted by molar-refractivity contribution is 5.79. The molecule has 2 aliphatic heterocycles. The van der Waals surface area contributed by atoms with Crippen LogP contribution >= 0.6 is 0 Å². The lowest BCUT2D eigenvalue weighted by molar-refractivity contribution is -0.870. The molecule has 1 fully saturated rings. The number of ether oxygens (including phenoxy) is 3. The highest BCUT2D eigenvalue weighted by Crippen LogP contribution is 2.47. The summed E-state index contributed by atoms with van der Waals surface area (Å²) in [5.41, 5.74) is 0.793. The van der Waals surface area contributed by atoms with Crippen LogP contribution in [0.15, 0.2) is 22.7 Å². The molecule has 0 spiro atoms. The summed E-state index contributed by atoms with van der Waals surface area (Å²) in [5.74, 6) is 0.866. The minimum atomic E-state index is -0.897. The van der Waals surface area contributed by atoms with Crippen LogP contribution in [0, 0.1) is 12.8 Å². The van der Waals surface area contributed by atoms with Gasteiger partial charge in [0.1, 0.15) is 5.76 Å². The first-order valence-electron chi connectivity index (χ1n) is 14.9. The number of aromatic nitrogens is 1. The Kier molecular flexibility index (Phi) is 10.4. The van der Waals surface area contributed by atoms with Gasteiger partial charge in [-0.3, -0.25) is 14.5 Å². The first-order valence-corrected chi connectivity index (χ1v) is 14.9. The molecule has 232 valence electrons. The summed E-state index contributed by atoms with van der Waals surface area (Å²) in [6.45, 7) is 6.97. The van der Waals surface area contributed by atoms with E-state index >= 15 is 0 Å². The molecule has 4 rings (SSSR count). The Morgan fingerprint density at radius 2 is 1.95 bits per heavy atom. The van der Waals surface area contributed by atoms with Crippen molar-refractivity contribution in [3.63, 3.8) is 0 Å². The van der Waals surface area contributed by atoms with Crippen LogP contribution in [0.3, 0.4) is 0 Å². The average Bonchev–Trinajstić information content (AvgIpc) is 3.66. The molecule has 0 aliphatic carbocycles. The number of carboxylic acids is 1. The Hall–Kier alpha value is -3.31. The molecule has 0 saturated carbocycles. The molecule has 1 saturated heterocycles. The minimum Gasteiger partial charge on any atom is -0.493 e. The molecule has 3 atom stereocenters. The highest BCUT2D eigenvalue weighted by Gasteiger charge is 2.47. The molecular weight excluding hydrogens is 540 g/mol. The van der Waals surface area contributed by atoms with Crippen molar-refractivity contribution in [3.05, 3.63) is 35.5 Å². The van der Waals surface area contributed by atoms with E-state index in [9.17, 15) is 14.7 Å². The standard InChI is InChI=1S/C31H46N4O7/c1-7-8-12-33(13-9-14-35(3,4)5)28(36)19-34-18-23(22-15-25(39-6)30-26(16-22)40-20-41-30)29(31(37)38)24(34)10-11-27-32-17-21(2)42-27/h15-17,23-24,29H,7-14,18-20H2,1-6H3/p+1/t23-,24+,29?/m1/s1. The topological polar surface area (TPSA) is 115 Å². The van der Waals surface area contributed by atoms with Gasteiger partial charge in [-0.05, 0) is 37.5 Å². The second-order valence-corrected chi connectivity index (χ2v) is 12.4. The number of benzene rings is 1. The molecule has 2 aliphatic rings. The van der Waals surface area contributed by atoms with Crippen molar-refractivity contribution in [1.29, 1.82) is 0 Å². The molecule has 0 bridgehead atoms. The van der Waals surface area contributed by atoms with E-state index in [1.807, 2.05) is 24.0 Å². The number of hydrogen-bond donors (Lipinski definition) is 1. The molecule has 42 heavy (non-hydrogen) atoms. The lowest BCUT2D eigenvalue weighted by atomic mass is 9.83. The maximum atomic E-state index is 13.8. The second kappa shape index (κ2) is 13.8. The molecule has 11 nitrogen and oxygen atoms in total. The summed E-state index contributed by atoms with van der Waals surface area (Å²) >= 11 is 0. The molecular formula is C31H47N4O7+. The number of carbonyl (C=O) groups is 2. The van der Waals surface area contributed by atoms with Crippen molar-refractivity contribution in [2.24, 2.45) is 5.92 Å². The van der Waals surface area contributed by atoms with Crippen LogP contribution in [0.2, 0.25) is 0 Å². The third-order valence-electron chi connectivity index (χ3n) is 8.19. The number of fused-ring (bicyclic) bond motifs is 1. The van der Waals surface area contributed by atoms with E-state index in [1.54, 1.807) is 13.3 Å². The maximum Gasteiger partial charge on any atom is 0.308 e. The first kappa shape index (κ1) is 31.6. The van der Waals surface area contributed by atoms with E-state index in [0.29, 0.717) is 61.4 Å². The van der Waals surface area contributed by atoms with Gasteiger partial charge in [0.25, 0.3) is 0 Å². The molecule has 1 unspecified atom stereocenters. The van der Waals surface area contributed by atoms with Crippen molar-refractivity contribution >= 4 is 11.9 Å². The zero-order valence-electron chi connectivity index (χ0n) is 25.9. The number of aliphatic carboxylic acids is 1. The number of carboxylic acid groups (broad SMARTS) is 1. The highest BCUT2D eigenvalue weighted by atomic mass is 16.7. The fourth-order valence-electron chi connectivity index (χ4n) is 6.06. The second-order valence-electron chi connectivity index (χ2n) is 12.4. The smallest absolute Gasteiger partial charge is 0.308 e. The monoisotopic (exact) mass is 587 g/mol. The van der Waals surface area contributed by atoms with Crippen LogP contribution in [-0.4, -0.2) is 110 Å². The molecule has 11 heteroatoms. The van der Waals surface area contributed by atoms with Crippen LogP contribution in [0.25, 0.3) is 0 Å². The van der Waals surface area contributed by atoms with Crippen molar-refractivity contribution < 1.29 is 37.8 Å². The molecule has 1 aromatic heterocycles. The van der Waals surface area contributed by atoms with Crippen molar-refractivity contribution in [2.75, 3.05) is 67.8 Å². The molecule has 0 radical (unpaired) electrons. The molecule has 1 aromatic carbocycles. The lowest BCUT2D eigenvalue weighted by Gasteiger charge is -2.30. The molecule has 2 aromatic rings. The van der Waals surface area contributed by atoms with E-state index in [0.717, 1.165) is 35.9 Å². The van der Waals surface area contributed by atoms with Gasteiger partial charge in [0.15, 0.2) is 17.4 Å². The average molecular weight is 588 g/mol.